The van der Waals surface area contributed by atoms with Gasteiger partial charge in [-0.05, 0) is 49.8 Å². The Morgan fingerprint density at radius 3 is 2.57 bits per heavy atom. The zero-order chi connectivity index (χ0) is 20.9. The number of fused-ring (bicyclic) bond motifs is 1. The van der Waals surface area contributed by atoms with E-state index >= 15 is 0 Å². The van der Waals surface area contributed by atoms with Crippen molar-refractivity contribution < 1.29 is 12.8 Å². The summed E-state index contributed by atoms with van der Waals surface area (Å²) in [6.45, 7) is 1.26. The minimum atomic E-state index is -3.69. The number of aromatic nitrogens is 3. The lowest BCUT2D eigenvalue weighted by molar-refractivity contribution is 0.244. The predicted octanol–water partition coefficient (Wildman–Crippen LogP) is 1.66. The Kier molecular flexibility index (Phi) is 4.62. The third-order valence-electron chi connectivity index (χ3n) is 5.92. The van der Waals surface area contributed by atoms with E-state index in [2.05, 4.69) is 10.1 Å². The van der Waals surface area contributed by atoms with Crippen molar-refractivity contribution >= 4 is 21.1 Å². The molecule has 158 valence electrons. The van der Waals surface area contributed by atoms with Crippen molar-refractivity contribution in [3.8, 4) is 0 Å². The Morgan fingerprint density at radius 2 is 1.83 bits per heavy atom. The van der Waals surface area contributed by atoms with E-state index in [9.17, 15) is 18.0 Å². The van der Waals surface area contributed by atoms with E-state index in [-0.39, 0.29) is 22.0 Å². The average molecular weight is 430 g/mol. The molecule has 0 radical (unpaired) electrons. The molecule has 3 heterocycles. The molecule has 30 heavy (non-hydrogen) atoms. The third-order valence-corrected chi connectivity index (χ3v) is 7.81. The molecule has 0 amide bonds. The van der Waals surface area contributed by atoms with E-state index in [1.54, 1.807) is 6.07 Å². The van der Waals surface area contributed by atoms with Gasteiger partial charge in [0.05, 0.1) is 16.1 Å². The maximum atomic E-state index is 13.0. The fourth-order valence-electron chi connectivity index (χ4n) is 4.00. The van der Waals surface area contributed by atoms with Crippen LogP contribution in [0.4, 0.5) is 0 Å². The molecular weight excluding hydrogens is 408 g/mol. The lowest BCUT2D eigenvalue weighted by Crippen LogP contribution is -2.40. The first-order valence-corrected chi connectivity index (χ1v) is 11.6. The van der Waals surface area contributed by atoms with E-state index in [0.29, 0.717) is 43.9 Å². The van der Waals surface area contributed by atoms with Crippen molar-refractivity contribution in [2.75, 3.05) is 13.1 Å². The number of sulfonamides is 1. The van der Waals surface area contributed by atoms with Crippen LogP contribution in [0.15, 0.2) is 49.2 Å². The van der Waals surface area contributed by atoms with Crippen molar-refractivity contribution in [1.29, 1.82) is 0 Å². The summed E-state index contributed by atoms with van der Waals surface area (Å²) in [5, 5.41) is 4.51. The Bertz CT molecular complexity index is 1310. The quantitative estimate of drug-likeness (QED) is 0.658. The number of hydrogen-bond acceptors (Lipinski definition) is 6. The SMILES string of the molecule is O=c1[nH]c2ccc(S(=O)(=O)N3CCC(Cn4nc(C5CC5)ccc4=O)CC3)cc2o1. The number of hydrogen-bond donors (Lipinski definition) is 1. The number of nitrogens with one attached hydrogen (secondary N) is 1. The van der Waals surface area contributed by atoms with Gasteiger partial charge in [0.15, 0.2) is 5.58 Å². The highest BCUT2D eigenvalue weighted by atomic mass is 32.2. The van der Waals surface area contributed by atoms with E-state index < -0.39 is 15.8 Å². The van der Waals surface area contributed by atoms with Gasteiger partial charge in [-0.25, -0.2) is 17.9 Å². The molecule has 1 saturated heterocycles. The molecule has 1 aliphatic carbocycles. The summed E-state index contributed by atoms with van der Waals surface area (Å²) in [5.41, 5.74) is 1.54. The van der Waals surface area contributed by atoms with Crippen molar-refractivity contribution in [2.45, 2.75) is 43.0 Å². The first-order valence-electron chi connectivity index (χ1n) is 10.1. The van der Waals surface area contributed by atoms with Crippen LogP contribution in [0.1, 0.15) is 37.3 Å². The topological polar surface area (TPSA) is 118 Å². The first kappa shape index (κ1) is 19.3. The highest BCUT2D eigenvalue weighted by molar-refractivity contribution is 7.89. The molecule has 9 nitrogen and oxygen atoms in total. The summed E-state index contributed by atoms with van der Waals surface area (Å²) in [6, 6.07) is 7.78. The minimum absolute atomic E-state index is 0.103. The van der Waals surface area contributed by atoms with Crippen LogP contribution in [0.5, 0.6) is 0 Å². The van der Waals surface area contributed by atoms with Gasteiger partial charge < -0.3 is 4.42 Å². The van der Waals surface area contributed by atoms with E-state index in [0.717, 1.165) is 18.5 Å². The Hall–Kier alpha value is -2.72. The van der Waals surface area contributed by atoms with Crippen LogP contribution < -0.4 is 11.3 Å². The molecule has 3 aromatic rings. The van der Waals surface area contributed by atoms with Gasteiger partial charge in [0, 0.05) is 37.7 Å². The lowest BCUT2D eigenvalue weighted by Gasteiger charge is -2.31. The number of rotatable bonds is 5. The van der Waals surface area contributed by atoms with Crippen molar-refractivity contribution in [3.63, 3.8) is 0 Å². The van der Waals surface area contributed by atoms with Gasteiger partial charge in [0.1, 0.15) is 0 Å². The van der Waals surface area contributed by atoms with Gasteiger partial charge in [-0.3, -0.25) is 9.78 Å². The monoisotopic (exact) mass is 430 g/mol. The smallest absolute Gasteiger partial charge is 0.408 e. The normalized spacial score (nSPS) is 18.8. The van der Waals surface area contributed by atoms with Crippen LogP contribution in [0.25, 0.3) is 11.1 Å². The molecule has 5 rings (SSSR count). The Labute approximate surface area is 172 Å². The number of nitrogens with zero attached hydrogens (tertiary/aromatic N) is 3. The second-order valence-corrected chi connectivity index (χ2v) is 10.0. The van der Waals surface area contributed by atoms with E-state index in [1.807, 2.05) is 6.07 Å². The highest BCUT2D eigenvalue weighted by Gasteiger charge is 2.31. The van der Waals surface area contributed by atoms with Crippen LogP contribution >= 0.6 is 0 Å². The number of benzene rings is 1. The number of oxazole rings is 1. The molecule has 1 aromatic carbocycles. The molecule has 0 unspecified atom stereocenters. The molecule has 1 N–H and O–H groups in total. The van der Waals surface area contributed by atoms with Crippen molar-refractivity contribution in [3.05, 3.63) is 56.9 Å². The molecule has 0 spiro atoms. The second kappa shape index (κ2) is 7.21. The summed E-state index contributed by atoms with van der Waals surface area (Å²) in [7, 11) is -3.69. The van der Waals surface area contributed by atoms with Gasteiger partial charge in [-0.15, -0.1) is 0 Å². The van der Waals surface area contributed by atoms with Gasteiger partial charge in [0.25, 0.3) is 5.56 Å². The Balaban J connectivity index is 1.28. The third kappa shape index (κ3) is 3.61. The zero-order valence-electron chi connectivity index (χ0n) is 16.3. The summed E-state index contributed by atoms with van der Waals surface area (Å²) in [5.74, 6) is 0.0573. The molecular formula is C20H22N4O5S. The molecule has 0 bridgehead atoms. The summed E-state index contributed by atoms with van der Waals surface area (Å²) in [6.07, 6.45) is 3.56. The fourth-order valence-corrected chi connectivity index (χ4v) is 5.49. The first-order chi connectivity index (χ1) is 14.4. The second-order valence-electron chi connectivity index (χ2n) is 8.07. The predicted molar refractivity (Wildman–Crippen MR) is 109 cm³/mol. The van der Waals surface area contributed by atoms with Crippen molar-refractivity contribution in [2.24, 2.45) is 5.92 Å². The van der Waals surface area contributed by atoms with E-state index in [1.165, 1.54) is 27.2 Å². The molecule has 0 atom stereocenters. The van der Waals surface area contributed by atoms with Crippen LogP contribution in [-0.2, 0) is 16.6 Å². The van der Waals surface area contributed by atoms with Gasteiger partial charge in [-0.1, -0.05) is 0 Å². The van der Waals surface area contributed by atoms with Crippen LogP contribution in [0, 0.1) is 5.92 Å². The maximum absolute atomic E-state index is 13.0. The molecule has 2 fully saturated rings. The lowest BCUT2D eigenvalue weighted by atomic mass is 9.98. The Morgan fingerprint density at radius 1 is 1.07 bits per heavy atom. The summed E-state index contributed by atoms with van der Waals surface area (Å²) < 4.78 is 34.0. The van der Waals surface area contributed by atoms with Crippen LogP contribution in [-0.4, -0.2) is 40.6 Å². The zero-order valence-corrected chi connectivity index (χ0v) is 17.1. The summed E-state index contributed by atoms with van der Waals surface area (Å²) in [4.78, 5) is 26.1. The minimum Gasteiger partial charge on any atom is -0.408 e. The molecule has 1 saturated carbocycles. The fraction of sp³-hybridized carbons (Fsp3) is 0.450. The highest BCUT2D eigenvalue weighted by Crippen LogP contribution is 2.38. The molecule has 10 heteroatoms. The van der Waals surface area contributed by atoms with E-state index in [4.69, 9.17) is 4.42 Å². The standard InChI is InChI=1S/C20H22N4O5S/c25-19-6-5-16(14-1-2-14)22-24(19)12-13-7-9-23(10-8-13)30(27,28)15-3-4-17-18(11-15)29-20(26)21-17/h3-6,11,13-14H,1-2,7-10,12H2,(H,21,26). The number of aromatic amines is 1. The number of piperidine rings is 1. The molecule has 2 aromatic heterocycles. The largest absolute Gasteiger partial charge is 0.417 e. The van der Waals surface area contributed by atoms with Crippen molar-refractivity contribution in [1.82, 2.24) is 19.1 Å². The molecule has 1 aliphatic heterocycles. The van der Waals surface area contributed by atoms with Gasteiger partial charge in [0.2, 0.25) is 10.0 Å². The molecule has 2 aliphatic rings. The van der Waals surface area contributed by atoms with Gasteiger partial charge in [-0.2, -0.15) is 9.40 Å². The van der Waals surface area contributed by atoms with Crippen LogP contribution in [0.2, 0.25) is 0 Å². The van der Waals surface area contributed by atoms with Gasteiger partial charge >= 0.3 is 5.76 Å². The maximum Gasteiger partial charge on any atom is 0.417 e. The number of H-pyrrole nitrogens is 1. The van der Waals surface area contributed by atoms with Crippen LogP contribution in [0.3, 0.4) is 0 Å². The average Bonchev–Trinajstić information content (AvgIpc) is 3.50. The summed E-state index contributed by atoms with van der Waals surface area (Å²) >= 11 is 0.